The molecule has 2 N–H and O–H groups in total. The van der Waals surface area contributed by atoms with E-state index in [0.29, 0.717) is 11.6 Å². The number of aromatic nitrogens is 2. The molecule has 6 nitrogen and oxygen atoms in total. The Hall–Kier alpha value is -3.45. The molecule has 0 fully saturated rings. The lowest BCUT2D eigenvalue weighted by Crippen LogP contribution is -2.12. The molecule has 0 atom stereocenters. The first-order chi connectivity index (χ1) is 15.8. The van der Waals surface area contributed by atoms with Crippen LogP contribution in [0.5, 0.6) is 0 Å². The molecule has 0 saturated heterocycles. The Bertz CT molecular complexity index is 1350. The molecule has 3 aromatic carbocycles. The maximum atomic E-state index is 12.6. The molecular weight excluding hydrogens is 432 g/mol. The zero-order valence-corrected chi connectivity index (χ0v) is 19.9. The van der Waals surface area contributed by atoms with Crippen molar-refractivity contribution < 1.29 is 8.42 Å². The van der Waals surface area contributed by atoms with Crippen molar-refractivity contribution in [3.8, 4) is 11.1 Å². The average Bonchev–Trinajstić information content (AvgIpc) is 2.79. The minimum atomic E-state index is -3.63. The third kappa shape index (κ3) is 5.49. The topological polar surface area (TPSA) is 84.0 Å². The predicted octanol–water partition coefficient (Wildman–Crippen LogP) is 5.86. The van der Waals surface area contributed by atoms with Crippen LogP contribution in [0.3, 0.4) is 0 Å². The van der Waals surface area contributed by atoms with E-state index in [9.17, 15) is 8.42 Å². The van der Waals surface area contributed by atoms with Crippen molar-refractivity contribution in [3.63, 3.8) is 0 Å². The highest BCUT2D eigenvalue weighted by Crippen LogP contribution is 2.28. The second kappa shape index (κ2) is 9.58. The highest BCUT2D eigenvalue weighted by molar-refractivity contribution is 7.92. The zero-order chi connectivity index (χ0) is 23.4. The Balaban J connectivity index is 1.55. The van der Waals surface area contributed by atoms with E-state index in [1.165, 1.54) is 0 Å². The van der Waals surface area contributed by atoms with Gasteiger partial charge in [-0.1, -0.05) is 49.7 Å². The summed E-state index contributed by atoms with van der Waals surface area (Å²) in [6, 6.07) is 20.2. The van der Waals surface area contributed by atoms with Crippen LogP contribution in [0.15, 0.2) is 78.0 Å². The van der Waals surface area contributed by atoms with Gasteiger partial charge in [-0.15, -0.1) is 0 Å². The standard InChI is InChI=1S/C26H28N4O2S/c1-18(2)14-15-27-26-24-16-21(8-13-25(24)28-17-29-26)20-6-9-22(10-7-20)30-33(31,32)23-11-4-19(3)5-12-23/h4-13,16-18,30H,14-15H2,1-3H3,(H,27,28,29). The number of anilines is 2. The fraction of sp³-hybridized carbons (Fsp3) is 0.231. The van der Waals surface area contributed by atoms with Gasteiger partial charge in [0.25, 0.3) is 10.0 Å². The van der Waals surface area contributed by atoms with E-state index in [4.69, 9.17) is 0 Å². The number of nitrogens with one attached hydrogen (secondary N) is 2. The van der Waals surface area contributed by atoms with Crippen LogP contribution < -0.4 is 10.0 Å². The highest BCUT2D eigenvalue weighted by atomic mass is 32.2. The molecule has 0 bridgehead atoms. The third-order valence-corrected chi connectivity index (χ3v) is 6.85. The fourth-order valence-corrected chi connectivity index (χ4v) is 4.58. The van der Waals surface area contributed by atoms with Crippen LogP contribution in [0.25, 0.3) is 22.0 Å². The third-order valence-electron chi connectivity index (χ3n) is 5.45. The van der Waals surface area contributed by atoms with Crippen LogP contribution in [0.1, 0.15) is 25.8 Å². The molecule has 1 aromatic heterocycles. The largest absolute Gasteiger partial charge is 0.369 e. The highest BCUT2D eigenvalue weighted by Gasteiger charge is 2.14. The zero-order valence-electron chi connectivity index (χ0n) is 19.0. The van der Waals surface area contributed by atoms with Gasteiger partial charge in [0.1, 0.15) is 12.1 Å². The maximum absolute atomic E-state index is 12.6. The van der Waals surface area contributed by atoms with Crippen molar-refractivity contribution in [1.82, 2.24) is 9.97 Å². The van der Waals surface area contributed by atoms with E-state index in [-0.39, 0.29) is 4.90 Å². The van der Waals surface area contributed by atoms with Gasteiger partial charge in [-0.05, 0) is 66.8 Å². The molecule has 0 saturated carbocycles. The summed E-state index contributed by atoms with van der Waals surface area (Å²) >= 11 is 0. The number of nitrogens with zero attached hydrogens (tertiary/aromatic N) is 2. The molecule has 4 rings (SSSR count). The average molecular weight is 461 g/mol. The second-order valence-corrected chi connectivity index (χ2v) is 10.2. The van der Waals surface area contributed by atoms with Crippen molar-refractivity contribution in [2.45, 2.75) is 32.1 Å². The van der Waals surface area contributed by atoms with Crippen molar-refractivity contribution in [1.29, 1.82) is 0 Å². The lowest BCUT2D eigenvalue weighted by Gasteiger charge is -2.12. The van der Waals surface area contributed by atoms with Crippen LogP contribution in [0.4, 0.5) is 11.5 Å². The minimum Gasteiger partial charge on any atom is -0.369 e. The van der Waals surface area contributed by atoms with Gasteiger partial charge >= 0.3 is 0 Å². The summed E-state index contributed by atoms with van der Waals surface area (Å²) in [6.45, 7) is 7.17. The second-order valence-electron chi connectivity index (χ2n) is 8.56. The van der Waals surface area contributed by atoms with Gasteiger partial charge < -0.3 is 5.32 Å². The SMILES string of the molecule is Cc1ccc(S(=O)(=O)Nc2ccc(-c3ccc4ncnc(NCCC(C)C)c4c3)cc2)cc1. The van der Waals surface area contributed by atoms with Crippen LogP contribution in [0.2, 0.25) is 0 Å². The van der Waals surface area contributed by atoms with E-state index in [1.54, 1.807) is 42.7 Å². The Morgan fingerprint density at radius 1 is 0.879 bits per heavy atom. The first-order valence-electron chi connectivity index (χ1n) is 11.0. The molecule has 33 heavy (non-hydrogen) atoms. The number of benzene rings is 3. The van der Waals surface area contributed by atoms with E-state index in [0.717, 1.165) is 46.4 Å². The van der Waals surface area contributed by atoms with Gasteiger partial charge in [0.05, 0.1) is 10.4 Å². The van der Waals surface area contributed by atoms with E-state index in [1.807, 2.05) is 31.2 Å². The molecule has 0 spiro atoms. The van der Waals surface area contributed by atoms with Crippen LogP contribution >= 0.6 is 0 Å². The van der Waals surface area contributed by atoms with Crippen LogP contribution in [-0.2, 0) is 10.0 Å². The smallest absolute Gasteiger partial charge is 0.261 e. The van der Waals surface area contributed by atoms with Gasteiger partial charge in [-0.2, -0.15) is 0 Å². The summed E-state index contributed by atoms with van der Waals surface area (Å²) in [4.78, 5) is 9.05. The van der Waals surface area contributed by atoms with Crippen molar-refractivity contribution in [2.24, 2.45) is 5.92 Å². The lowest BCUT2D eigenvalue weighted by atomic mass is 10.0. The van der Waals surface area contributed by atoms with Gasteiger partial charge in [-0.3, -0.25) is 4.72 Å². The van der Waals surface area contributed by atoms with Crippen molar-refractivity contribution in [2.75, 3.05) is 16.6 Å². The Morgan fingerprint density at radius 3 is 2.27 bits per heavy atom. The monoisotopic (exact) mass is 460 g/mol. The molecule has 7 heteroatoms. The van der Waals surface area contributed by atoms with E-state index in [2.05, 4.69) is 39.9 Å². The summed E-state index contributed by atoms with van der Waals surface area (Å²) < 4.78 is 27.9. The number of hydrogen-bond acceptors (Lipinski definition) is 5. The number of aryl methyl sites for hydroxylation is 1. The van der Waals surface area contributed by atoms with Crippen molar-refractivity contribution in [3.05, 3.63) is 78.6 Å². The first-order valence-corrected chi connectivity index (χ1v) is 12.5. The van der Waals surface area contributed by atoms with E-state index < -0.39 is 10.0 Å². The van der Waals surface area contributed by atoms with Crippen LogP contribution in [0, 0.1) is 12.8 Å². The van der Waals surface area contributed by atoms with Gasteiger partial charge in [0.15, 0.2) is 0 Å². The molecule has 4 aromatic rings. The fourth-order valence-electron chi connectivity index (χ4n) is 3.52. The molecule has 0 aliphatic carbocycles. The summed E-state index contributed by atoms with van der Waals surface area (Å²) in [6.07, 6.45) is 2.64. The molecular formula is C26H28N4O2S. The number of fused-ring (bicyclic) bond motifs is 1. The van der Waals surface area contributed by atoms with E-state index >= 15 is 0 Å². The number of sulfonamides is 1. The van der Waals surface area contributed by atoms with Gasteiger partial charge in [0.2, 0.25) is 0 Å². The first kappa shape index (κ1) is 22.7. The Labute approximate surface area is 195 Å². The lowest BCUT2D eigenvalue weighted by molar-refractivity contribution is 0.601. The quantitative estimate of drug-likeness (QED) is 0.344. The minimum absolute atomic E-state index is 0.240. The summed E-state index contributed by atoms with van der Waals surface area (Å²) in [7, 11) is -3.63. The number of hydrogen-bond donors (Lipinski definition) is 2. The molecule has 0 radical (unpaired) electrons. The summed E-state index contributed by atoms with van der Waals surface area (Å²) in [5.74, 6) is 1.44. The summed E-state index contributed by atoms with van der Waals surface area (Å²) in [5.41, 5.74) is 4.39. The Kier molecular flexibility index (Phi) is 6.60. The van der Waals surface area contributed by atoms with Gasteiger partial charge in [-0.25, -0.2) is 18.4 Å². The molecule has 0 aliphatic heterocycles. The normalized spacial score (nSPS) is 11.6. The summed E-state index contributed by atoms with van der Waals surface area (Å²) in [5, 5.41) is 4.38. The van der Waals surface area contributed by atoms with Crippen molar-refractivity contribution >= 4 is 32.4 Å². The Morgan fingerprint density at radius 2 is 1.58 bits per heavy atom. The molecule has 0 unspecified atom stereocenters. The van der Waals surface area contributed by atoms with Gasteiger partial charge in [0, 0.05) is 17.6 Å². The molecule has 170 valence electrons. The molecule has 0 aliphatic rings. The molecule has 0 amide bonds. The number of rotatable bonds is 8. The maximum Gasteiger partial charge on any atom is 0.261 e. The predicted molar refractivity (Wildman–Crippen MR) is 135 cm³/mol. The molecule has 1 heterocycles. The van der Waals surface area contributed by atoms with Crippen LogP contribution in [-0.4, -0.2) is 24.9 Å².